The van der Waals surface area contributed by atoms with Gasteiger partial charge in [-0.3, -0.25) is 4.79 Å². The van der Waals surface area contributed by atoms with Crippen molar-refractivity contribution in [1.29, 1.82) is 0 Å². The molecule has 0 aliphatic heterocycles. The van der Waals surface area contributed by atoms with Gasteiger partial charge in [-0.2, -0.15) is 0 Å². The Labute approximate surface area is 155 Å². The van der Waals surface area contributed by atoms with E-state index in [1.165, 1.54) is 57.3 Å². The summed E-state index contributed by atoms with van der Waals surface area (Å²) in [5.74, 6) is 0. The number of hydrogen-bond donors (Lipinski definition) is 0. The van der Waals surface area contributed by atoms with Crippen LogP contribution in [0.5, 0.6) is 0 Å². The highest BCUT2D eigenvalue weighted by molar-refractivity contribution is 6.26. The van der Waals surface area contributed by atoms with Crippen molar-refractivity contribution in [3.8, 4) is 0 Å². The van der Waals surface area contributed by atoms with Gasteiger partial charge in [0.2, 0.25) is 0 Å². The van der Waals surface area contributed by atoms with Crippen LogP contribution in [0.15, 0.2) is 42.5 Å². The first kappa shape index (κ1) is 17.0. The predicted molar refractivity (Wildman–Crippen MR) is 113 cm³/mol. The molecule has 0 amide bonds. The minimum atomic E-state index is 0.831. The number of aryl methyl sites for hydroxylation is 2. The molecule has 0 radical (unpaired) electrons. The van der Waals surface area contributed by atoms with Crippen LogP contribution >= 0.6 is 0 Å². The van der Waals surface area contributed by atoms with E-state index in [2.05, 4.69) is 56.3 Å². The van der Waals surface area contributed by atoms with E-state index in [4.69, 9.17) is 0 Å². The average molecular weight is 342 g/mol. The third kappa shape index (κ3) is 2.67. The lowest BCUT2D eigenvalue weighted by Crippen LogP contribution is -1.96. The van der Waals surface area contributed by atoms with E-state index < -0.39 is 0 Å². The Morgan fingerprint density at radius 2 is 1.35 bits per heavy atom. The van der Waals surface area contributed by atoms with E-state index in [9.17, 15) is 4.79 Å². The van der Waals surface area contributed by atoms with Gasteiger partial charge in [0.15, 0.2) is 6.29 Å². The summed E-state index contributed by atoms with van der Waals surface area (Å²) in [6.07, 6.45) is 7.93. The smallest absolute Gasteiger partial charge is 0.150 e. The van der Waals surface area contributed by atoms with Crippen LogP contribution in [0.25, 0.3) is 32.3 Å². The minimum absolute atomic E-state index is 0.831. The summed E-state index contributed by atoms with van der Waals surface area (Å²) in [5.41, 5.74) is 3.58. The fourth-order valence-electron chi connectivity index (χ4n) is 4.32. The van der Waals surface area contributed by atoms with Crippen LogP contribution in [0, 0.1) is 0 Å². The molecular weight excluding hydrogens is 316 g/mol. The van der Waals surface area contributed by atoms with E-state index in [1.54, 1.807) is 0 Å². The van der Waals surface area contributed by atoms with Gasteiger partial charge in [0.25, 0.3) is 0 Å². The molecule has 0 bridgehead atoms. The first-order valence-corrected chi connectivity index (χ1v) is 9.96. The zero-order chi connectivity index (χ0) is 18.1. The monoisotopic (exact) mass is 342 g/mol. The quantitative estimate of drug-likeness (QED) is 0.259. The van der Waals surface area contributed by atoms with Crippen LogP contribution in [0.3, 0.4) is 0 Å². The van der Waals surface area contributed by atoms with Crippen LogP contribution < -0.4 is 0 Å². The second-order valence-electron chi connectivity index (χ2n) is 7.42. The summed E-state index contributed by atoms with van der Waals surface area (Å²) in [6, 6.07) is 15.6. The highest BCUT2D eigenvalue weighted by Crippen LogP contribution is 2.39. The lowest BCUT2D eigenvalue weighted by atomic mass is 9.86. The molecule has 4 aromatic rings. The van der Waals surface area contributed by atoms with Gasteiger partial charge in [-0.15, -0.1) is 0 Å². The van der Waals surface area contributed by atoms with E-state index in [0.717, 1.165) is 36.5 Å². The molecule has 1 heteroatoms. The van der Waals surface area contributed by atoms with Gasteiger partial charge < -0.3 is 0 Å². The van der Waals surface area contributed by atoms with Crippen LogP contribution in [-0.2, 0) is 12.8 Å². The topological polar surface area (TPSA) is 17.1 Å². The standard InChI is InChI=1S/C25H26O/c1-3-5-7-17-9-10-18-11-12-22-19(8-6-4-2)15-20(16-26)23-14-13-21(17)24(18)25(22)23/h9-16H,3-8H2,1-2H3. The van der Waals surface area contributed by atoms with Gasteiger partial charge in [-0.05, 0) is 75.2 Å². The average Bonchev–Trinajstić information content (AvgIpc) is 2.69. The number of benzene rings is 4. The molecule has 4 rings (SSSR count). The van der Waals surface area contributed by atoms with Crippen LogP contribution in [0.1, 0.15) is 61.0 Å². The minimum Gasteiger partial charge on any atom is -0.298 e. The van der Waals surface area contributed by atoms with Gasteiger partial charge in [0.05, 0.1) is 0 Å². The molecule has 0 fully saturated rings. The van der Waals surface area contributed by atoms with E-state index in [1.807, 2.05) is 0 Å². The van der Waals surface area contributed by atoms with Crippen molar-refractivity contribution in [3.63, 3.8) is 0 Å². The highest BCUT2D eigenvalue weighted by atomic mass is 16.1. The molecule has 0 saturated carbocycles. The zero-order valence-corrected chi connectivity index (χ0v) is 15.8. The molecule has 4 aromatic carbocycles. The maximum atomic E-state index is 11.8. The lowest BCUT2D eigenvalue weighted by Gasteiger charge is -2.17. The van der Waals surface area contributed by atoms with E-state index in [-0.39, 0.29) is 0 Å². The number of hydrogen-bond acceptors (Lipinski definition) is 1. The molecule has 132 valence electrons. The van der Waals surface area contributed by atoms with Crippen LogP contribution in [-0.4, -0.2) is 6.29 Å². The Balaban J connectivity index is 2.09. The molecular formula is C25H26O. The van der Waals surface area contributed by atoms with E-state index >= 15 is 0 Å². The molecule has 0 saturated heterocycles. The van der Waals surface area contributed by atoms with Crippen molar-refractivity contribution in [2.24, 2.45) is 0 Å². The molecule has 0 N–H and O–H groups in total. The van der Waals surface area contributed by atoms with E-state index in [0.29, 0.717) is 0 Å². The van der Waals surface area contributed by atoms with Crippen molar-refractivity contribution in [3.05, 3.63) is 59.2 Å². The maximum Gasteiger partial charge on any atom is 0.150 e. The summed E-state index contributed by atoms with van der Waals surface area (Å²) < 4.78 is 0. The van der Waals surface area contributed by atoms with Crippen molar-refractivity contribution in [2.75, 3.05) is 0 Å². The second-order valence-corrected chi connectivity index (χ2v) is 7.42. The SMILES string of the molecule is CCCCc1ccc2ccc3c(CCCC)cc(C=O)c4ccc1c2c43. The maximum absolute atomic E-state index is 11.8. The Hall–Kier alpha value is -2.41. The predicted octanol–water partition coefficient (Wildman–Crippen LogP) is 7.08. The second kappa shape index (κ2) is 7.07. The van der Waals surface area contributed by atoms with Crippen molar-refractivity contribution in [1.82, 2.24) is 0 Å². The largest absolute Gasteiger partial charge is 0.298 e. The van der Waals surface area contributed by atoms with Crippen molar-refractivity contribution >= 4 is 38.6 Å². The molecule has 0 aliphatic rings. The summed E-state index contributed by atoms with van der Waals surface area (Å²) in [4.78, 5) is 11.8. The number of rotatable bonds is 7. The molecule has 0 spiro atoms. The Bertz CT molecular complexity index is 1070. The molecule has 0 unspecified atom stereocenters. The fraction of sp³-hybridized carbons (Fsp3) is 0.320. The normalized spacial score (nSPS) is 11.8. The van der Waals surface area contributed by atoms with Crippen molar-refractivity contribution < 1.29 is 4.79 Å². The zero-order valence-electron chi connectivity index (χ0n) is 15.8. The van der Waals surface area contributed by atoms with Gasteiger partial charge in [-0.25, -0.2) is 0 Å². The number of aldehydes is 1. The van der Waals surface area contributed by atoms with Crippen LogP contribution in [0.2, 0.25) is 0 Å². The Kier molecular flexibility index (Phi) is 4.63. The van der Waals surface area contributed by atoms with Gasteiger partial charge in [-0.1, -0.05) is 63.1 Å². The third-order valence-electron chi connectivity index (χ3n) is 5.72. The fourth-order valence-corrected chi connectivity index (χ4v) is 4.32. The Morgan fingerprint density at radius 3 is 2.08 bits per heavy atom. The van der Waals surface area contributed by atoms with Gasteiger partial charge in [0.1, 0.15) is 0 Å². The Morgan fingerprint density at radius 1 is 0.731 bits per heavy atom. The third-order valence-corrected chi connectivity index (χ3v) is 5.72. The lowest BCUT2D eigenvalue weighted by molar-refractivity contribution is 0.112. The molecule has 26 heavy (non-hydrogen) atoms. The van der Waals surface area contributed by atoms with Gasteiger partial charge in [0, 0.05) is 5.56 Å². The number of carbonyl (C=O) groups excluding carboxylic acids is 1. The van der Waals surface area contributed by atoms with Crippen molar-refractivity contribution in [2.45, 2.75) is 52.4 Å². The molecule has 0 aliphatic carbocycles. The molecule has 0 aromatic heterocycles. The first-order chi connectivity index (χ1) is 12.8. The van der Waals surface area contributed by atoms with Gasteiger partial charge >= 0.3 is 0 Å². The summed E-state index contributed by atoms with van der Waals surface area (Å²) in [6.45, 7) is 4.46. The summed E-state index contributed by atoms with van der Waals surface area (Å²) in [7, 11) is 0. The summed E-state index contributed by atoms with van der Waals surface area (Å²) >= 11 is 0. The first-order valence-electron chi connectivity index (χ1n) is 9.96. The highest BCUT2D eigenvalue weighted by Gasteiger charge is 2.15. The number of carbonyl (C=O) groups is 1. The van der Waals surface area contributed by atoms with Crippen LogP contribution in [0.4, 0.5) is 0 Å². The number of unbranched alkanes of at least 4 members (excludes halogenated alkanes) is 2. The molecule has 1 nitrogen and oxygen atoms in total. The molecule has 0 heterocycles. The molecule has 0 atom stereocenters. The summed E-state index contributed by atoms with van der Waals surface area (Å²) in [5, 5.41) is 7.69.